The molecule has 0 bridgehead atoms. The monoisotopic (exact) mass is 695 g/mol. The van der Waals surface area contributed by atoms with Crippen molar-refractivity contribution in [2.75, 3.05) is 60.9 Å². The lowest BCUT2D eigenvalue weighted by atomic mass is 9.93. The maximum absolute atomic E-state index is 13.3. The van der Waals surface area contributed by atoms with Crippen LogP contribution in [0.1, 0.15) is 82.2 Å². The van der Waals surface area contributed by atoms with Crippen molar-refractivity contribution in [1.29, 1.82) is 0 Å². The van der Waals surface area contributed by atoms with E-state index in [0.29, 0.717) is 22.9 Å². The van der Waals surface area contributed by atoms with Crippen LogP contribution in [0.4, 0.5) is 23.0 Å². The molecule has 7 heterocycles. The third kappa shape index (κ3) is 6.39. The minimum Gasteiger partial charge on any atom is -0.371 e. The zero-order valence-corrected chi connectivity index (χ0v) is 28.3. The summed E-state index contributed by atoms with van der Waals surface area (Å²) in [6.07, 6.45) is 10.9. The molecule has 8 rings (SSSR count). The van der Waals surface area contributed by atoms with Gasteiger partial charge in [0.05, 0.1) is 35.2 Å². The zero-order chi connectivity index (χ0) is 35.2. The van der Waals surface area contributed by atoms with Crippen LogP contribution >= 0.6 is 0 Å². The Morgan fingerprint density at radius 3 is 2.43 bits per heavy atom. The molecule has 0 radical (unpaired) electrons. The Labute approximate surface area is 294 Å². The number of benzene rings is 1. The Hall–Kier alpha value is -5.38. The molecule has 1 aromatic carbocycles. The number of rotatable bonds is 9. The van der Waals surface area contributed by atoms with Crippen LogP contribution in [0.2, 0.25) is 0 Å². The molecule has 0 aliphatic carbocycles. The first kappa shape index (κ1) is 32.8. The van der Waals surface area contributed by atoms with E-state index in [1.165, 1.54) is 6.42 Å². The predicted molar refractivity (Wildman–Crippen MR) is 186 cm³/mol. The fourth-order valence-electron chi connectivity index (χ4n) is 7.92. The molecule has 3 aromatic rings. The van der Waals surface area contributed by atoms with Gasteiger partial charge >= 0.3 is 0 Å². The van der Waals surface area contributed by atoms with Crippen molar-refractivity contribution >= 4 is 52.5 Å². The number of hydrogen-bond donors (Lipinski definition) is 3. The average Bonchev–Trinajstić information content (AvgIpc) is 3.67. The minimum absolute atomic E-state index is 0.0919. The van der Waals surface area contributed by atoms with E-state index in [0.717, 1.165) is 93.6 Å². The molecule has 266 valence electrons. The number of carbonyl (C=O) groups excluding carboxylic acids is 5. The number of imide groups is 2. The predicted octanol–water partition coefficient (Wildman–Crippen LogP) is 1.68. The summed E-state index contributed by atoms with van der Waals surface area (Å²) in [6, 6.07) is 4.59. The number of fused-ring (bicyclic) bond motifs is 1. The normalized spacial score (nSPS) is 21.9. The highest BCUT2D eigenvalue weighted by atomic mass is 16.2. The lowest BCUT2D eigenvalue weighted by Crippen LogP contribution is -2.54. The second kappa shape index (κ2) is 13.4. The highest BCUT2D eigenvalue weighted by Crippen LogP contribution is 2.33. The van der Waals surface area contributed by atoms with Crippen molar-refractivity contribution in [1.82, 2.24) is 34.9 Å². The number of primary amides is 1. The van der Waals surface area contributed by atoms with Gasteiger partial charge in [0.15, 0.2) is 11.5 Å². The third-order valence-electron chi connectivity index (χ3n) is 10.8. The molecule has 51 heavy (non-hydrogen) atoms. The zero-order valence-electron chi connectivity index (χ0n) is 28.3. The van der Waals surface area contributed by atoms with Gasteiger partial charge in [0, 0.05) is 64.1 Å². The number of carbonyl (C=O) groups is 5. The Bertz CT molecular complexity index is 1890. The van der Waals surface area contributed by atoms with Crippen molar-refractivity contribution in [3.05, 3.63) is 53.6 Å². The summed E-state index contributed by atoms with van der Waals surface area (Å²) in [5.74, 6) is -1.02. The number of piperidine rings is 3. The van der Waals surface area contributed by atoms with E-state index in [9.17, 15) is 24.0 Å². The summed E-state index contributed by atoms with van der Waals surface area (Å²) in [5.41, 5.74) is 7.91. The number of amides is 5. The number of nitrogens with zero attached hydrogens (tertiary/aromatic N) is 8. The van der Waals surface area contributed by atoms with Gasteiger partial charge in [0.1, 0.15) is 11.9 Å². The third-order valence-corrected chi connectivity index (χ3v) is 10.8. The van der Waals surface area contributed by atoms with E-state index in [2.05, 4.69) is 35.4 Å². The molecule has 0 spiro atoms. The van der Waals surface area contributed by atoms with Gasteiger partial charge in [-0.3, -0.25) is 43.8 Å². The Morgan fingerprint density at radius 2 is 1.69 bits per heavy atom. The average molecular weight is 696 g/mol. The second-order valence-corrected chi connectivity index (χ2v) is 14.2. The lowest BCUT2D eigenvalue weighted by molar-refractivity contribution is -0.136. The lowest BCUT2D eigenvalue weighted by Gasteiger charge is -2.43. The van der Waals surface area contributed by atoms with Gasteiger partial charge in [-0.15, -0.1) is 0 Å². The summed E-state index contributed by atoms with van der Waals surface area (Å²) >= 11 is 0. The smallest absolute Gasteiger partial charge is 0.271 e. The largest absolute Gasteiger partial charge is 0.371 e. The van der Waals surface area contributed by atoms with E-state index in [1.807, 2.05) is 16.9 Å². The molecule has 5 amide bonds. The molecular weight excluding hydrogens is 654 g/mol. The molecule has 5 aliphatic heterocycles. The highest BCUT2D eigenvalue weighted by molar-refractivity contribution is 6.23. The number of nitrogens with two attached hydrogens (primary N) is 1. The number of hydrogen-bond acceptors (Lipinski definition) is 12. The van der Waals surface area contributed by atoms with Crippen molar-refractivity contribution in [3.8, 4) is 0 Å². The molecule has 0 saturated carbocycles. The first-order valence-corrected chi connectivity index (χ1v) is 17.8. The van der Waals surface area contributed by atoms with Crippen LogP contribution in [-0.2, 0) is 9.59 Å². The van der Waals surface area contributed by atoms with Crippen LogP contribution in [0.25, 0.3) is 0 Å². The number of aromatic nitrogens is 4. The van der Waals surface area contributed by atoms with Gasteiger partial charge in [-0.2, -0.15) is 5.10 Å². The van der Waals surface area contributed by atoms with Gasteiger partial charge in [0.25, 0.3) is 17.7 Å². The Morgan fingerprint density at radius 1 is 0.922 bits per heavy atom. The van der Waals surface area contributed by atoms with Crippen molar-refractivity contribution in [2.45, 2.75) is 57.0 Å². The van der Waals surface area contributed by atoms with Gasteiger partial charge in [-0.1, -0.05) is 0 Å². The highest BCUT2D eigenvalue weighted by Gasteiger charge is 2.45. The quantitative estimate of drug-likeness (QED) is 0.275. The van der Waals surface area contributed by atoms with Crippen LogP contribution in [0.3, 0.4) is 0 Å². The maximum Gasteiger partial charge on any atom is 0.271 e. The van der Waals surface area contributed by atoms with E-state index >= 15 is 0 Å². The van der Waals surface area contributed by atoms with E-state index in [-0.39, 0.29) is 24.6 Å². The van der Waals surface area contributed by atoms with Crippen LogP contribution in [-0.4, -0.2) is 111 Å². The number of nitrogens with one attached hydrogen (secondary N) is 2. The summed E-state index contributed by atoms with van der Waals surface area (Å²) in [6.45, 7) is 6.27. The fourth-order valence-corrected chi connectivity index (χ4v) is 7.92. The van der Waals surface area contributed by atoms with E-state index < -0.39 is 35.6 Å². The van der Waals surface area contributed by atoms with Gasteiger partial charge in [-0.05, 0) is 62.6 Å². The molecule has 4 N–H and O–H groups in total. The number of anilines is 4. The van der Waals surface area contributed by atoms with Crippen LogP contribution in [0, 0.1) is 5.92 Å². The SMILES string of the molecule is NC(=O)c1ncc(N2CCCCC2)nc1Nc1cnn(C2CN(CC3CCN(c4ccc5c(c4)C(=O)N([C@@H]4CCC(=O)NC4=O)C5=O)CC3)C2)c1. The van der Waals surface area contributed by atoms with Crippen LogP contribution in [0.15, 0.2) is 36.8 Å². The summed E-state index contributed by atoms with van der Waals surface area (Å²) in [7, 11) is 0. The molecular formula is C35H41N11O5. The minimum atomic E-state index is -0.972. The summed E-state index contributed by atoms with van der Waals surface area (Å²) < 4.78 is 1.95. The summed E-state index contributed by atoms with van der Waals surface area (Å²) in [5, 5.41) is 10.0. The van der Waals surface area contributed by atoms with E-state index in [1.54, 1.807) is 24.5 Å². The maximum atomic E-state index is 13.3. The van der Waals surface area contributed by atoms with Gasteiger partial charge in [-0.25, -0.2) is 9.97 Å². The summed E-state index contributed by atoms with van der Waals surface area (Å²) in [4.78, 5) is 79.3. The molecule has 4 fully saturated rings. The van der Waals surface area contributed by atoms with E-state index in [4.69, 9.17) is 10.7 Å². The van der Waals surface area contributed by atoms with Crippen molar-refractivity contribution < 1.29 is 24.0 Å². The standard InChI is InChI=1S/C35H41N11O5/c36-31(48)30-32(40-28(16-37-30)44-10-2-1-3-11-44)39-22-15-38-45(18-22)24-19-42(20-24)17-21-8-12-43(13-9-21)23-4-5-25-26(14-23)35(51)46(34(25)50)27-6-7-29(47)41-33(27)49/h4-5,14-16,18,21,24,27H,1-3,6-13,17,19-20H2,(H2,36,48)(H,39,40)(H,41,47,49)/t27-/m1/s1. The first-order valence-electron chi connectivity index (χ1n) is 17.8. The molecule has 16 nitrogen and oxygen atoms in total. The molecule has 4 saturated heterocycles. The topological polar surface area (TPSA) is 192 Å². The fraction of sp³-hybridized carbons (Fsp3) is 0.486. The van der Waals surface area contributed by atoms with Crippen molar-refractivity contribution in [3.63, 3.8) is 0 Å². The van der Waals surface area contributed by atoms with Gasteiger partial charge < -0.3 is 20.9 Å². The number of likely N-dealkylation sites (tertiary alicyclic amines) is 1. The van der Waals surface area contributed by atoms with Crippen LogP contribution < -0.4 is 26.2 Å². The Kier molecular flexibility index (Phi) is 8.61. The Balaban J connectivity index is 0.827. The molecule has 0 unspecified atom stereocenters. The molecule has 1 atom stereocenters. The van der Waals surface area contributed by atoms with Gasteiger partial charge in [0.2, 0.25) is 11.8 Å². The molecule has 5 aliphatic rings. The molecule has 16 heteroatoms. The molecule has 2 aromatic heterocycles. The van der Waals surface area contributed by atoms with Crippen molar-refractivity contribution in [2.24, 2.45) is 11.7 Å². The van der Waals surface area contributed by atoms with Crippen LogP contribution in [0.5, 0.6) is 0 Å². The second-order valence-electron chi connectivity index (χ2n) is 14.2. The first-order chi connectivity index (χ1) is 24.7.